The summed E-state index contributed by atoms with van der Waals surface area (Å²) in [7, 11) is 0. The highest BCUT2D eigenvalue weighted by Gasteiger charge is 2.32. The number of hydrogen-bond donors (Lipinski definition) is 0. The maximum Gasteiger partial charge on any atom is 0.264 e. The van der Waals surface area contributed by atoms with E-state index < -0.39 is 0 Å². The van der Waals surface area contributed by atoms with Gasteiger partial charge in [0.25, 0.3) is 5.91 Å². The zero-order chi connectivity index (χ0) is 14.2. The van der Waals surface area contributed by atoms with Crippen molar-refractivity contribution in [2.45, 2.75) is 38.1 Å². The van der Waals surface area contributed by atoms with E-state index in [1.165, 1.54) is 22.4 Å². The minimum absolute atomic E-state index is 0.216. The number of nitrogens with zero attached hydrogens (tertiary/aromatic N) is 2. The number of rotatable bonds is 2. The van der Waals surface area contributed by atoms with E-state index >= 15 is 0 Å². The molecule has 2 aromatic rings. The first-order chi connectivity index (χ1) is 10.3. The van der Waals surface area contributed by atoms with Gasteiger partial charge in [0.2, 0.25) is 0 Å². The number of likely N-dealkylation sites (tertiary alicyclic amines) is 1. The van der Waals surface area contributed by atoms with Crippen molar-refractivity contribution in [3.63, 3.8) is 0 Å². The number of carbonyl (C=O) groups is 1. The van der Waals surface area contributed by atoms with Gasteiger partial charge in [-0.2, -0.15) is 0 Å². The fourth-order valence-corrected chi connectivity index (χ4v) is 4.73. The van der Waals surface area contributed by atoms with Gasteiger partial charge in [-0.15, -0.1) is 11.3 Å². The third-order valence-electron chi connectivity index (χ3n) is 4.56. The van der Waals surface area contributed by atoms with Gasteiger partial charge in [0.1, 0.15) is 0 Å². The summed E-state index contributed by atoms with van der Waals surface area (Å²) in [6.07, 6.45) is 9.32. The summed E-state index contributed by atoms with van der Waals surface area (Å²) in [5, 5.41) is 0. The molecule has 1 aliphatic heterocycles. The summed E-state index contributed by atoms with van der Waals surface area (Å²) in [4.78, 5) is 21.3. The molecule has 1 saturated heterocycles. The van der Waals surface area contributed by atoms with E-state index in [-0.39, 0.29) is 11.9 Å². The quantitative estimate of drug-likeness (QED) is 0.848. The summed E-state index contributed by atoms with van der Waals surface area (Å²) < 4.78 is 0. The van der Waals surface area contributed by atoms with Gasteiger partial charge in [-0.3, -0.25) is 9.78 Å². The third-order valence-corrected chi connectivity index (χ3v) is 5.79. The Morgan fingerprint density at radius 2 is 2.10 bits per heavy atom. The summed E-state index contributed by atoms with van der Waals surface area (Å²) in [5.41, 5.74) is 2.61. The van der Waals surface area contributed by atoms with Crippen LogP contribution in [0.5, 0.6) is 0 Å². The van der Waals surface area contributed by atoms with Crippen LogP contribution in [0.15, 0.2) is 30.6 Å². The standard InChI is InChI=1S/C17H18N2OS/c20-17(16-11-13-3-1-5-15(13)21-16)19-10-2-4-14(19)12-6-8-18-9-7-12/h6-9,11,14H,1-5,10H2. The van der Waals surface area contributed by atoms with Crippen LogP contribution in [0.25, 0.3) is 0 Å². The van der Waals surface area contributed by atoms with Crippen molar-refractivity contribution < 1.29 is 4.79 Å². The minimum Gasteiger partial charge on any atom is -0.331 e. The second-order valence-electron chi connectivity index (χ2n) is 5.85. The number of thiophene rings is 1. The van der Waals surface area contributed by atoms with Gasteiger partial charge in [0.15, 0.2) is 0 Å². The topological polar surface area (TPSA) is 33.2 Å². The van der Waals surface area contributed by atoms with Crippen LogP contribution in [0.4, 0.5) is 0 Å². The van der Waals surface area contributed by atoms with E-state index in [0.29, 0.717) is 0 Å². The summed E-state index contributed by atoms with van der Waals surface area (Å²) in [6.45, 7) is 0.869. The zero-order valence-corrected chi connectivity index (χ0v) is 12.7. The fraction of sp³-hybridized carbons (Fsp3) is 0.412. The number of amides is 1. The van der Waals surface area contributed by atoms with Gasteiger partial charge in [-0.25, -0.2) is 0 Å². The maximum atomic E-state index is 12.9. The molecule has 0 aromatic carbocycles. The van der Waals surface area contributed by atoms with E-state index in [9.17, 15) is 4.79 Å². The second-order valence-corrected chi connectivity index (χ2v) is 6.99. The van der Waals surface area contributed by atoms with Crippen molar-refractivity contribution >= 4 is 17.2 Å². The van der Waals surface area contributed by atoms with E-state index in [2.05, 4.69) is 16.0 Å². The Labute approximate surface area is 128 Å². The van der Waals surface area contributed by atoms with Crippen LogP contribution in [0.2, 0.25) is 0 Å². The lowest BCUT2D eigenvalue weighted by Gasteiger charge is -2.24. The molecule has 1 fully saturated rings. The molecule has 0 spiro atoms. The Morgan fingerprint density at radius 1 is 1.24 bits per heavy atom. The van der Waals surface area contributed by atoms with Crippen molar-refractivity contribution in [3.8, 4) is 0 Å². The largest absolute Gasteiger partial charge is 0.331 e. The highest BCUT2D eigenvalue weighted by atomic mass is 32.1. The molecule has 21 heavy (non-hydrogen) atoms. The highest BCUT2D eigenvalue weighted by Crippen LogP contribution is 2.36. The average Bonchev–Trinajstić information content (AvgIpc) is 3.22. The van der Waals surface area contributed by atoms with Crippen LogP contribution in [0.3, 0.4) is 0 Å². The third kappa shape index (κ3) is 2.27. The summed E-state index contributed by atoms with van der Waals surface area (Å²) in [6, 6.07) is 6.42. The van der Waals surface area contributed by atoms with Gasteiger partial charge in [-0.1, -0.05) is 0 Å². The van der Waals surface area contributed by atoms with Crippen molar-refractivity contribution in [2.75, 3.05) is 6.54 Å². The Bertz CT molecular complexity index is 643. The second kappa shape index (κ2) is 5.26. The van der Waals surface area contributed by atoms with Gasteiger partial charge >= 0.3 is 0 Å². The number of hydrogen-bond acceptors (Lipinski definition) is 3. The molecule has 0 radical (unpaired) electrons. The maximum absolute atomic E-state index is 12.9. The molecule has 4 rings (SSSR count). The molecule has 0 N–H and O–H groups in total. The Balaban J connectivity index is 1.60. The number of fused-ring (bicyclic) bond motifs is 1. The Morgan fingerprint density at radius 3 is 2.90 bits per heavy atom. The van der Waals surface area contributed by atoms with Gasteiger partial charge in [0.05, 0.1) is 10.9 Å². The molecular weight excluding hydrogens is 280 g/mol. The minimum atomic E-state index is 0.216. The molecule has 0 bridgehead atoms. The molecule has 1 amide bonds. The van der Waals surface area contributed by atoms with Crippen LogP contribution in [0, 0.1) is 0 Å². The van der Waals surface area contributed by atoms with E-state index in [1.54, 1.807) is 11.3 Å². The molecule has 4 heteroatoms. The van der Waals surface area contributed by atoms with E-state index in [4.69, 9.17) is 0 Å². The first-order valence-electron chi connectivity index (χ1n) is 7.65. The van der Waals surface area contributed by atoms with Crippen LogP contribution >= 0.6 is 11.3 Å². The van der Waals surface area contributed by atoms with Crippen LogP contribution in [0.1, 0.15) is 51.0 Å². The number of carbonyl (C=O) groups excluding carboxylic acids is 1. The molecule has 2 aliphatic rings. The van der Waals surface area contributed by atoms with Crippen molar-refractivity contribution in [1.82, 2.24) is 9.88 Å². The first-order valence-corrected chi connectivity index (χ1v) is 8.47. The van der Waals surface area contributed by atoms with Crippen molar-refractivity contribution in [2.24, 2.45) is 0 Å². The molecule has 108 valence electrons. The predicted molar refractivity (Wildman–Crippen MR) is 83.6 cm³/mol. The highest BCUT2D eigenvalue weighted by molar-refractivity contribution is 7.14. The number of pyridine rings is 1. The average molecular weight is 298 g/mol. The summed E-state index contributed by atoms with van der Waals surface area (Å²) in [5.74, 6) is 0.216. The van der Waals surface area contributed by atoms with Crippen molar-refractivity contribution in [1.29, 1.82) is 0 Å². The molecule has 2 aromatic heterocycles. The smallest absolute Gasteiger partial charge is 0.264 e. The molecule has 0 saturated carbocycles. The lowest BCUT2D eigenvalue weighted by atomic mass is 10.1. The van der Waals surface area contributed by atoms with E-state index in [0.717, 1.165) is 37.1 Å². The molecular formula is C17H18N2OS. The molecule has 1 aliphatic carbocycles. The molecule has 1 unspecified atom stereocenters. The van der Waals surface area contributed by atoms with Gasteiger partial charge in [-0.05, 0) is 61.4 Å². The fourth-order valence-electron chi connectivity index (χ4n) is 3.52. The van der Waals surface area contributed by atoms with Gasteiger partial charge in [0, 0.05) is 23.8 Å². The first kappa shape index (κ1) is 13.0. The van der Waals surface area contributed by atoms with Crippen LogP contribution in [-0.4, -0.2) is 22.3 Å². The number of aromatic nitrogens is 1. The zero-order valence-electron chi connectivity index (χ0n) is 11.9. The molecule has 3 heterocycles. The monoisotopic (exact) mass is 298 g/mol. The lowest BCUT2D eigenvalue weighted by Crippen LogP contribution is -2.30. The molecule has 3 nitrogen and oxygen atoms in total. The Hall–Kier alpha value is -1.68. The van der Waals surface area contributed by atoms with Crippen molar-refractivity contribution in [3.05, 3.63) is 51.5 Å². The van der Waals surface area contributed by atoms with Crippen LogP contribution in [-0.2, 0) is 12.8 Å². The normalized spacial score (nSPS) is 20.8. The summed E-state index contributed by atoms with van der Waals surface area (Å²) >= 11 is 1.71. The SMILES string of the molecule is O=C(c1cc2c(s1)CCC2)N1CCCC1c1ccncc1. The predicted octanol–water partition coefficient (Wildman–Crippen LogP) is 3.61. The lowest BCUT2D eigenvalue weighted by molar-refractivity contribution is 0.0740. The Kier molecular flexibility index (Phi) is 3.26. The molecule has 1 atom stereocenters. The number of aryl methyl sites for hydroxylation is 2. The van der Waals surface area contributed by atoms with Crippen LogP contribution < -0.4 is 0 Å². The van der Waals surface area contributed by atoms with E-state index in [1.807, 2.05) is 24.5 Å². The van der Waals surface area contributed by atoms with Gasteiger partial charge < -0.3 is 4.90 Å².